The quantitative estimate of drug-likeness (QED) is 0.469. The van der Waals surface area contributed by atoms with Gasteiger partial charge in [-0.05, 0) is 72.6 Å². The maximum atomic E-state index is 13.6. The molecule has 192 valence electrons. The SMILES string of the molecule is COc1ncc(Cl)cc1C(=O)N1C[C@H]2CCN(C(=O)c3cccc(Cc4cccc(F)c4)c3)CC[C@H]2C1. The molecule has 2 fully saturated rings. The fourth-order valence-electron chi connectivity index (χ4n) is 5.51. The van der Waals surface area contributed by atoms with Gasteiger partial charge < -0.3 is 14.5 Å². The molecular formula is C29H29ClFN3O3. The van der Waals surface area contributed by atoms with Crippen LogP contribution in [0.25, 0.3) is 0 Å². The third-order valence-corrected chi connectivity index (χ3v) is 7.61. The molecule has 8 heteroatoms. The van der Waals surface area contributed by atoms with E-state index in [1.54, 1.807) is 12.1 Å². The summed E-state index contributed by atoms with van der Waals surface area (Å²) in [6.45, 7) is 2.59. The van der Waals surface area contributed by atoms with Crippen molar-refractivity contribution in [2.75, 3.05) is 33.3 Å². The number of hydrogen-bond acceptors (Lipinski definition) is 4. The molecular weight excluding hydrogens is 493 g/mol. The molecule has 2 aromatic carbocycles. The van der Waals surface area contributed by atoms with Crippen molar-refractivity contribution in [2.24, 2.45) is 11.8 Å². The van der Waals surface area contributed by atoms with E-state index in [1.807, 2.05) is 40.1 Å². The molecule has 0 aliphatic carbocycles. The van der Waals surface area contributed by atoms with Crippen molar-refractivity contribution in [3.8, 4) is 5.88 Å². The summed E-state index contributed by atoms with van der Waals surface area (Å²) in [7, 11) is 1.49. The van der Waals surface area contributed by atoms with Crippen molar-refractivity contribution in [3.05, 3.63) is 93.9 Å². The number of amides is 2. The number of fused-ring (bicyclic) bond motifs is 1. The third-order valence-electron chi connectivity index (χ3n) is 7.40. The van der Waals surface area contributed by atoms with E-state index in [0.29, 0.717) is 60.6 Å². The molecule has 0 unspecified atom stereocenters. The third kappa shape index (κ3) is 5.62. The Labute approximate surface area is 221 Å². The molecule has 2 aliphatic rings. The smallest absolute Gasteiger partial charge is 0.259 e. The van der Waals surface area contributed by atoms with Crippen LogP contribution in [0.5, 0.6) is 5.88 Å². The van der Waals surface area contributed by atoms with Crippen molar-refractivity contribution >= 4 is 23.4 Å². The monoisotopic (exact) mass is 521 g/mol. The molecule has 37 heavy (non-hydrogen) atoms. The van der Waals surface area contributed by atoms with Crippen LogP contribution in [0, 0.1) is 17.7 Å². The van der Waals surface area contributed by atoms with E-state index in [9.17, 15) is 14.0 Å². The molecule has 2 aliphatic heterocycles. The van der Waals surface area contributed by atoms with E-state index < -0.39 is 0 Å². The van der Waals surface area contributed by atoms with Crippen molar-refractivity contribution in [1.29, 1.82) is 0 Å². The van der Waals surface area contributed by atoms with Gasteiger partial charge in [-0.1, -0.05) is 35.9 Å². The molecule has 5 rings (SSSR count). The first-order valence-corrected chi connectivity index (χ1v) is 12.9. The summed E-state index contributed by atoms with van der Waals surface area (Å²) < 4.78 is 18.8. The second kappa shape index (κ2) is 10.9. The number of carbonyl (C=O) groups excluding carboxylic acids is 2. The van der Waals surface area contributed by atoms with Gasteiger partial charge in [-0.15, -0.1) is 0 Å². The van der Waals surface area contributed by atoms with Gasteiger partial charge in [0.15, 0.2) is 0 Å². The lowest BCUT2D eigenvalue weighted by Gasteiger charge is -2.23. The van der Waals surface area contributed by atoms with E-state index in [1.165, 1.54) is 25.4 Å². The number of ether oxygens (including phenoxy) is 1. The van der Waals surface area contributed by atoms with Crippen molar-refractivity contribution in [2.45, 2.75) is 19.3 Å². The Kier molecular flexibility index (Phi) is 7.42. The molecule has 2 amide bonds. The van der Waals surface area contributed by atoms with Crippen LogP contribution in [-0.2, 0) is 6.42 Å². The van der Waals surface area contributed by atoms with E-state index in [-0.39, 0.29) is 23.5 Å². The summed E-state index contributed by atoms with van der Waals surface area (Å²) in [4.78, 5) is 34.5. The summed E-state index contributed by atoms with van der Waals surface area (Å²) in [5.41, 5.74) is 2.88. The molecule has 3 heterocycles. The fraction of sp³-hybridized carbons (Fsp3) is 0.345. The molecule has 3 aromatic rings. The molecule has 6 nitrogen and oxygen atoms in total. The maximum Gasteiger partial charge on any atom is 0.259 e. The number of methoxy groups -OCH3 is 1. The van der Waals surface area contributed by atoms with Gasteiger partial charge in [0.2, 0.25) is 5.88 Å². The maximum absolute atomic E-state index is 13.6. The van der Waals surface area contributed by atoms with E-state index >= 15 is 0 Å². The topological polar surface area (TPSA) is 62.7 Å². The first-order chi connectivity index (χ1) is 17.9. The summed E-state index contributed by atoms with van der Waals surface area (Å²) in [6, 6.07) is 15.7. The number of aromatic nitrogens is 1. The molecule has 0 spiro atoms. The van der Waals surface area contributed by atoms with Crippen LogP contribution in [0.2, 0.25) is 5.02 Å². The molecule has 0 bridgehead atoms. The number of likely N-dealkylation sites (tertiary alicyclic amines) is 2. The van der Waals surface area contributed by atoms with Gasteiger partial charge in [0.25, 0.3) is 11.8 Å². The van der Waals surface area contributed by atoms with Crippen molar-refractivity contribution in [3.63, 3.8) is 0 Å². The average molecular weight is 522 g/mol. The first-order valence-electron chi connectivity index (χ1n) is 12.5. The molecule has 0 saturated carbocycles. The second-order valence-electron chi connectivity index (χ2n) is 9.82. The minimum Gasteiger partial charge on any atom is -0.480 e. The highest BCUT2D eigenvalue weighted by molar-refractivity contribution is 6.30. The lowest BCUT2D eigenvalue weighted by Crippen LogP contribution is -2.34. The lowest BCUT2D eigenvalue weighted by atomic mass is 9.92. The van der Waals surface area contributed by atoms with Crippen LogP contribution in [0.1, 0.15) is 44.7 Å². The number of pyridine rings is 1. The number of carbonyl (C=O) groups is 2. The molecule has 2 atom stereocenters. The lowest BCUT2D eigenvalue weighted by molar-refractivity contribution is 0.0732. The van der Waals surface area contributed by atoms with E-state index in [0.717, 1.165) is 24.0 Å². The van der Waals surface area contributed by atoms with Gasteiger partial charge in [0.05, 0.1) is 12.1 Å². The number of halogens is 2. The van der Waals surface area contributed by atoms with Crippen LogP contribution in [0.15, 0.2) is 60.8 Å². The largest absolute Gasteiger partial charge is 0.480 e. The van der Waals surface area contributed by atoms with Gasteiger partial charge >= 0.3 is 0 Å². The van der Waals surface area contributed by atoms with Gasteiger partial charge in [-0.3, -0.25) is 9.59 Å². The van der Waals surface area contributed by atoms with Gasteiger partial charge in [0, 0.05) is 37.9 Å². The Morgan fingerprint density at radius 2 is 1.65 bits per heavy atom. The number of nitrogens with zero attached hydrogens (tertiary/aromatic N) is 3. The molecule has 0 N–H and O–H groups in total. The van der Waals surface area contributed by atoms with E-state index in [4.69, 9.17) is 16.3 Å². The highest BCUT2D eigenvalue weighted by atomic mass is 35.5. The Balaban J connectivity index is 1.22. The Morgan fingerprint density at radius 3 is 2.32 bits per heavy atom. The highest BCUT2D eigenvalue weighted by Gasteiger charge is 2.38. The Bertz CT molecular complexity index is 1300. The van der Waals surface area contributed by atoms with Crippen LogP contribution in [-0.4, -0.2) is 59.9 Å². The normalized spacial score (nSPS) is 19.3. The average Bonchev–Trinajstić information content (AvgIpc) is 3.21. The van der Waals surface area contributed by atoms with E-state index in [2.05, 4.69) is 4.98 Å². The molecule has 2 saturated heterocycles. The summed E-state index contributed by atoms with van der Waals surface area (Å²) in [5, 5.41) is 0.395. The van der Waals surface area contributed by atoms with Gasteiger partial charge in [0.1, 0.15) is 11.4 Å². The second-order valence-corrected chi connectivity index (χ2v) is 10.3. The minimum absolute atomic E-state index is 0.0173. The summed E-state index contributed by atoms with van der Waals surface area (Å²) in [6.07, 6.45) is 3.72. The Morgan fingerprint density at radius 1 is 0.973 bits per heavy atom. The molecule has 0 radical (unpaired) electrons. The summed E-state index contributed by atoms with van der Waals surface area (Å²) >= 11 is 6.08. The fourth-order valence-corrected chi connectivity index (χ4v) is 5.67. The Hall–Kier alpha value is -3.45. The zero-order valence-corrected chi connectivity index (χ0v) is 21.5. The van der Waals surface area contributed by atoms with Crippen LogP contribution in [0.3, 0.4) is 0 Å². The predicted octanol–water partition coefficient (Wildman–Crippen LogP) is 5.10. The first kappa shape index (κ1) is 25.2. The number of benzene rings is 2. The summed E-state index contributed by atoms with van der Waals surface area (Å²) in [5.74, 6) is 0.575. The standard InChI is InChI=1S/C29H29ClFN3O3/c1-37-27-26(15-24(30)16-32-27)29(36)34-17-22-8-10-33(11-9-23(22)18-34)28(35)21-6-2-4-19(13-21)12-20-5-3-7-25(31)14-20/h2-7,13-16,22-23H,8-12,17-18H2,1H3/t22-,23+. The van der Waals surface area contributed by atoms with Crippen LogP contribution in [0.4, 0.5) is 4.39 Å². The van der Waals surface area contributed by atoms with Crippen molar-refractivity contribution < 1.29 is 18.7 Å². The molecule has 1 aromatic heterocycles. The zero-order chi connectivity index (χ0) is 25.9. The number of hydrogen-bond donors (Lipinski definition) is 0. The van der Waals surface area contributed by atoms with Crippen LogP contribution < -0.4 is 4.74 Å². The van der Waals surface area contributed by atoms with Crippen molar-refractivity contribution in [1.82, 2.24) is 14.8 Å². The van der Waals surface area contributed by atoms with Gasteiger partial charge in [-0.25, -0.2) is 9.37 Å². The number of rotatable bonds is 5. The minimum atomic E-state index is -0.261. The highest BCUT2D eigenvalue weighted by Crippen LogP contribution is 2.34. The zero-order valence-electron chi connectivity index (χ0n) is 20.7. The van der Waals surface area contributed by atoms with Gasteiger partial charge in [-0.2, -0.15) is 0 Å². The van der Waals surface area contributed by atoms with Crippen LogP contribution >= 0.6 is 11.6 Å². The predicted molar refractivity (Wildman–Crippen MR) is 139 cm³/mol.